The van der Waals surface area contributed by atoms with Crippen molar-refractivity contribution in [2.45, 2.75) is 31.2 Å². The Labute approximate surface area is 148 Å². The lowest BCUT2D eigenvalue weighted by molar-refractivity contribution is -0.144. The summed E-state index contributed by atoms with van der Waals surface area (Å²) in [5.74, 6) is -0.346. The molecular weight excluding hydrogens is 342 g/mol. The van der Waals surface area contributed by atoms with Crippen LogP contribution < -0.4 is 5.73 Å². The second-order valence-electron chi connectivity index (χ2n) is 5.48. The summed E-state index contributed by atoms with van der Waals surface area (Å²) in [6.45, 7) is 3.85. The summed E-state index contributed by atoms with van der Waals surface area (Å²) in [5, 5.41) is 0. The van der Waals surface area contributed by atoms with Gasteiger partial charge in [0, 0.05) is 6.42 Å². The molecule has 0 aliphatic heterocycles. The molecule has 3 N–H and O–H groups in total. The minimum atomic E-state index is -4.02. The molecule has 6 nitrogen and oxygen atoms in total. The van der Waals surface area contributed by atoms with E-state index in [1.165, 1.54) is 12.1 Å². The molecule has 0 amide bonds. The molecule has 0 spiro atoms. The van der Waals surface area contributed by atoms with E-state index in [1.54, 1.807) is 19.1 Å². The number of hydrogen-bond acceptors (Lipinski definition) is 5. The van der Waals surface area contributed by atoms with E-state index in [2.05, 4.69) is 0 Å². The number of benzene rings is 2. The molecule has 136 valence electrons. The normalized spacial score (nSPS) is 11.8. The third-order valence-electron chi connectivity index (χ3n) is 3.17. The van der Waals surface area contributed by atoms with E-state index in [0.717, 1.165) is 17.5 Å². The van der Waals surface area contributed by atoms with Gasteiger partial charge >= 0.3 is 5.97 Å². The second kappa shape index (κ2) is 9.93. The van der Waals surface area contributed by atoms with E-state index >= 15 is 0 Å². The summed E-state index contributed by atoms with van der Waals surface area (Å²) in [6, 6.07) is 15.3. The van der Waals surface area contributed by atoms with Crippen LogP contribution in [-0.4, -0.2) is 31.6 Å². The van der Waals surface area contributed by atoms with Crippen LogP contribution in [0.15, 0.2) is 59.5 Å². The highest BCUT2D eigenvalue weighted by Gasteiger charge is 2.08. The minimum absolute atomic E-state index is 0.0666. The van der Waals surface area contributed by atoms with Gasteiger partial charge in [0.15, 0.2) is 0 Å². The Hall–Kier alpha value is -2.22. The highest BCUT2D eigenvalue weighted by atomic mass is 32.2. The van der Waals surface area contributed by atoms with Crippen LogP contribution in [0.2, 0.25) is 0 Å². The lowest BCUT2D eigenvalue weighted by atomic mass is 10.2. The monoisotopic (exact) mass is 365 g/mol. The zero-order valence-corrected chi connectivity index (χ0v) is 15.1. The Morgan fingerprint density at radius 1 is 1.12 bits per heavy atom. The second-order valence-corrected chi connectivity index (χ2v) is 6.90. The van der Waals surface area contributed by atoms with Gasteiger partial charge in [0.2, 0.25) is 0 Å². The predicted octanol–water partition coefficient (Wildman–Crippen LogP) is 2.36. The van der Waals surface area contributed by atoms with Crippen LogP contribution in [0.25, 0.3) is 0 Å². The molecule has 0 unspecified atom stereocenters. The molecule has 0 bridgehead atoms. The summed E-state index contributed by atoms with van der Waals surface area (Å²) >= 11 is 0. The first kappa shape index (κ1) is 20.8. The van der Waals surface area contributed by atoms with Crippen molar-refractivity contribution in [3.63, 3.8) is 0 Å². The summed E-state index contributed by atoms with van der Waals surface area (Å²) in [7, 11) is -4.02. The van der Waals surface area contributed by atoms with Gasteiger partial charge in [-0.1, -0.05) is 48.0 Å². The Balaban J connectivity index is 0.000000257. The van der Waals surface area contributed by atoms with Gasteiger partial charge in [-0.25, -0.2) is 0 Å². The molecular formula is C18H23NO5S. The average molecular weight is 365 g/mol. The number of nitrogens with two attached hydrogens (primary N) is 1. The van der Waals surface area contributed by atoms with Crippen molar-refractivity contribution in [1.29, 1.82) is 0 Å². The van der Waals surface area contributed by atoms with E-state index in [0.29, 0.717) is 6.61 Å². The number of carbonyl (C=O) groups is 1. The van der Waals surface area contributed by atoms with Gasteiger partial charge in [0.05, 0.1) is 11.5 Å². The van der Waals surface area contributed by atoms with E-state index in [4.69, 9.17) is 15.0 Å². The van der Waals surface area contributed by atoms with Gasteiger partial charge in [-0.2, -0.15) is 8.42 Å². The van der Waals surface area contributed by atoms with Crippen LogP contribution >= 0.6 is 0 Å². The Bertz CT molecular complexity index is 756. The first-order valence-corrected chi connectivity index (χ1v) is 9.14. The lowest BCUT2D eigenvalue weighted by Crippen LogP contribution is -2.29. The standard InChI is InChI=1S/C11H15NO2.C7H8O3S/c1-9(12)11(13)14-8-7-10-5-3-2-4-6-10;1-6-2-4-7(5-3-6)11(8,9)10/h2-6,9H,7-8,12H2,1H3;2-5H,1H3,(H,8,9,10)/t9-;/m0./s1. The van der Waals surface area contributed by atoms with Gasteiger partial charge in [-0.05, 0) is 31.5 Å². The van der Waals surface area contributed by atoms with Crippen molar-refractivity contribution in [1.82, 2.24) is 0 Å². The van der Waals surface area contributed by atoms with Gasteiger partial charge < -0.3 is 10.5 Å². The first-order valence-electron chi connectivity index (χ1n) is 7.70. The maximum absolute atomic E-state index is 11.0. The zero-order valence-electron chi connectivity index (χ0n) is 14.3. The molecule has 0 aliphatic carbocycles. The molecule has 2 rings (SSSR count). The molecule has 0 fully saturated rings. The van der Waals surface area contributed by atoms with Crippen molar-refractivity contribution in [2.75, 3.05) is 6.61 Å². The molecule has 1 atom stereocenters. The third kappa shape index (κ3) is 8.44. The number of esters is 1. The summed E-state index contributed by atoms with van der Waals surface area (Å²) in [4.78, 5) is 10.9. The van der Waals surface area contributed by atoms with Crippen LogP contribution in [0, 0.1) is 6.92 Å². The van der Waals surface area contributed by atoms with E-state index in [-0.39, 0.29) is 10.9 Å². The number of ether oxygens (including phenoxy) is 1. The Morgan fingerprint density at radius 3 is 2.16 bits per heavy atom. The number of hydrogen-bond donors (Lipinski definition) is 2. The van der Waals surface area contributed by atoms with Gasteiger partial charge in [-0.15, -0.1) is 0 Å². The maximum atomic E-state index is 11.0. The molecule has 7 heteroatoms. The van der Waals surface area contributed by atoms with Crippen LogP contribution in [0.1, 0.15) is 18.1 Å². The quantitative estimate of drug-likeness (QED) is 0.622. The van der Waals surface area contributed by atoms with Crippen molar-refractivity contribution < 1.29 is 22.5 Å². The molecule has 0 radical (unpaired) electrons. The van der Waals surface area contributed by atoms with Gasteiger partial charge in [0.25, 0.3) is 10.1 Å². The SMILES string of the molecule is C[C@H](N)C(=O)OCCc1ccccc1.Cc1ccc(S(=O)(=O)O)cc1. The van der Waals surface area contributed by atoms with Crippen molar-refractivity contribution in [3.05, 3.63) is 65.7 Å². The Morgan fingerprint density at radius 2 is 1.68 bits per heavy atom. The fourth-order valence-corrected chi connectivity index (χ4v) is 2.24. The highest BCUT2D eigenvalue weighted by Crippen LogP contribution is 2.08. The zero-order chi connectivity index (χ0) is 18.9. The van der Waals surface area contributed by atoms with E-state index in [1.807, 2.05) is 37.3 Å². The summed E-state index contributed by atoms with van der Waals surface area (Å²) in [6.07, 6.45) is 0.735. The third-order valence-corrected chi connectivity index (χ3v) is 4.04. The number of carbonyl (C=O) groups excluding carboxylic acids is 1. The highest BCUT2D eigenvalue weighted by molar-refractivity contribution is 7.85. The molecule has 2 aromatic rings. The van der Waals surface area contributed by atoms with Gasteiger partial charge in [-0.3, -0.25) is 9.35 Å². The topological polar surface area (TPSA) is 107 Å². The number of aryl methyl sites for hydroxylation is 1. The Kier molecular flexibility index (Phi) is 8.27. The van der Waals surface area contributed by atoms with Crippen molar-refractivity contribution in [2.24, 2.45) is 5.73 Å². The first-order chi connectivity index (χ1) is 11.7. The number of rotatable bonds is 5. The summed E-state index contributed by atoms with van der Waals surface area (Å²) < 4.78 is 34.5. The summed E-state index contributed by atoms with van der Waals surface area (Å²) in [5.41, 5.74) is 7.45. The molecule has 0 aromatic heterocycles. The smallest absolute Gasteiger partial charge is 0.322 e. The lowest BCUT2D eigenvalue weighted by Gasteiger charge is -2.06. The molecule has 0 aliphatic rings. The van der Waals surface area contributed by atoms with Crippen LogP contribution in [0.3, 0.4) is 0 Å². The largest absolute Gasteiger partial charge is 0.464 e. The van der Waals surface area contributed by atoms with Crippen LogP contribution in [-0.2, 0) is 26.1 Å². The molecule has 25 heavy (non-hydrogen) atoms. The minimum Gasteiger partial charge on any atom is -0.464 e. The molecule has 0 heterocycles. The fraction of sp³-hybridized carbons (Fsp3) is 0.278. The van der Waals surface area contributed by atoms with Crippen molar-refractivity contribution >= 4 is 16.1 Å². The molecule has 0 saturated carbocycles. The van der Waals surface area contributed by atoms with E-state index < -0.39 is 16.2 Å². The van der Waals surface area contributed by atoms with Gasteiger partial charge in [0.1, 0.15) is 6.04 Å². The predicted molar refractivity (Wildman–Crippen MR) is 95.7 cm³/mol. The van der Waals surface area contributed by atoms with E-state index in [9.17, 15) is 13.2 Å². The average Bonchev–Trinajstić information content (AvgIpc) is 2.56. The molecule has 0 saturated heterocycles. The van der Waals surface area contributed by atoms with Crippen molar-refractivity contribution in [3.8, 4) is 0 Å². The molecule has 2 aromatic carbocycles. The van der Waals surface area contributed by atoms with Crippen LogP contribution in [0.4, 0.5) is 0 Å². The van der Waals surface area contributed by atoms with Crippen LogP contribution in [0.5, 0.6) is 0 Å². The maximum Gasteiger partial charge on any atom is 0.322 e. The fourth-order valence-electron chi connectivity index (χ4n) is 1.76.